The molecule has 0 aromatic heterocycles. The highest BCUT2D eigenvalue weighted by Crippen LogP contribution is 2.17. The molecule has 0 atom stereocenters. The van der Waals surface area contributed by atoms with Crippen molar-refractivity contribution in [2.45, 2.75) is 6.92 Å². The van der Waals surface area contributed by atoms with Gasteiger partial charge in [-0.2, -0.15) is 10.1 Å². The van der Waals surface area contributed by atoms with Gasteiger partial charge in [-0.05, 0) is 13.0 Å². The molecule has 0 amide bonds. The second kappa shape index (κ2) is 5.41. The Morgan fingerprint density at radius 2 is 1.95 bits per heavy atom. The largest absolute Gasteiger partial charge is 0.352 e. The van der Waals surface area contributed by atoms with Crippen molar-refractivity contribution < 1.29 is 0 Å². The average Bonchev–Trinajstić information content (AvgIpc) is 2.43. The first-order chi connectivity index (χ1) is 9.45. The van der Waals surface area contributed by atoms with Gasteiger partial charge >= 0.3 is 5.69 Å². The van der Waals surface area contributed by atoms with Crippen molar-refractivity contribution in [2.24, 2.45) is 14.1 Å². The molecule has 7 nitrogen and oxygen atoms in total. The maximum absolute atomic E-state index is 12.1. The molecule has 20 heavy (non-hydrogen) atoms. The lowest BCUT2D eigenvalue weighted by Crippen LogP contribution is -2.37. The molecular formula is C12H13N5O2S. The molecule has 0 unspecified atom stereocenters. The Hall–Kier alpha value is -2.22. The molecule has 0 aliphatic carbocycles. The van der Waals surface area contributed by atoms with Crippen LogP contribution in [0.25, 0.3) is 16.4 Å². The van der Waals surface area contributed by atoms with E-state index in [1.54, 1.807) is 19.2 Å². The highest BCUT2D eigenvalue weighted by Gasteiger charge is 2.19. The summed E-state index contributed by atoms with van der Waals surface area (Å²) in [7, 11) is 2.95. The third kappa shape index (κ3) is 2.42. The number of fused-ring (bicyclic) bond motifs is 1. The number of hydrogen-bond donors (Lipinski definition) is 1. The van der Waals surface area contributed by atoms with E-state index in [1.165, 1.54) is 11.7 Å². The molecule has 0 spiro atoms. The second-order valence-electron chi connectivity index (χ2n) is 4.07. The number of nitrogens with zero attached hydrogens (tertiary/aromatic N) is 5. The molecule has 2 aliphatic rings. The summed E-state index contributed by atoms with van der Waals surface area (Å²) < 4.78 is 2.26. The molecule has 0 radical (unpaired) electrons. The van der Waals surface area contributed by atoms with Gasteiger partial charge in [0.1, 0.15) is 0 Å². The van der Waals surface area contributed by atoms with E-state index >= 15 is 0 Å². The van der Waals surface area contributed by atoms with Gasteiger partial charge in [-0.1, -0.05) is 12.2 Å². The van der Waals surface area contributed by atoms with Gasteiger partial charge in [0, 0.05) is 14.1 Å². The molecular weight excluding hydrogens is 278 g/mol. The van der Waals surface area contributed by atoms with Crippen LogP contribution in [-0.2, 0) is 14.1 Å². The summed E-state index contributed by atoms with van der Waals surface area (Å²) in [6, 6.07) is 0. The van der Waals surface area contributed by atoms with Crippen LogP contribution in [0.2, 0.25) is 0 Å². The van der Waals surface area contributed by atoms with E-state index in [-0.39, 0.29) is 11.5 Å². The predicted octanol–water partition coefficient (Wildman–Crippen LogP) is 0.221. The van der Waals surface area contributed by atoms with E-state index in [1.807, 2.05) is 13.0 Å². The number of aromatic nitrogens is 5. The van der Waals surface area contributed by atoms with Crippen molar-refractivity contribution >= 4 is 17.5 Å². The maximum Gasteiger partial charge on any atom is 0.352 e. The molecule has 0 N–H and O–H groups in total. The van der Waals surface area contributed by atoms with Gasteiger partial charge in [-0.15, -0.1) is 12.6 Å². The minimum absolute atomic E-state index is 0.0834. The SMILES string of the molecule is C/C=C\C=C(/S)c1nc2c(=O)n(C)c(=O)nc-2n(C)n1. The lowest BCUT2D eigenvalue weighted by Gasteiger charge is -2.10. The van der Waals surface area contributed by atoms with E-state index in [9.17, 15) is 9.59 Å². The minimum atomic E-state index is -0.634. The summed E-state index contributed by atoms with van der Waals surface area (Å²) in [6.07, 6.45) is 5.33. The van der Waals surface area contributed by atoms with Crippen LogP contribution in [0.4, 0.5) is 0 Å². The molecule has 8 heteroatoms. The normalized spacial score (nSPS) is 12.5. The van der Waals surface area contributed by atoms with Crippen LogP contribution < -0.4 is 11.2 Å². The summed E-state index contributed by atoms with van der Waals surface area (Å²) in [6.45, 7) is 1.87. The number of allylic oxidation sites excluding steroid dienone is 3. The molecule has 0 bridgehead atoms. The number of thiol groups is 1. The molecule has 0 saturated carbocycles. The Morgan fingerprint density at radius 3 is 2.60 bits per heavy atom. The van der Waals surface area contributed by atoms with Crippen molar-refractivity contribution in [3.63, 3.8) is 0 Å². The molecule has 0 saturated heterocycles. The highest BCUT2D eigenvalue weighted by molar-refractivity contribution is 7.90. The van der Waals surface area contributed by atoms with Crippen LogP contribution in [0.3, 0.4) is 0 Å². The number of rotatable bonds is 2. The summed E-state index contributed by atoms with van der Waals surface area (Å²) in [5, 5.41) is 4.14. The molecule has 2 rings (SSSR count). The summed E-state index contributed by atoms with van der Waals surface area (Å²) in [5.41, 5.74) is -1.06. The Labute approximate surface area is 120 Å². The van der Waals surface area contributed by atoms with Crippen LogP contribution >= 0.6 is 12.6 Å². The molecule has 2 heterocycles. The standard InChI is InChI=1S/C12H13N5O2S/c1-4-5-6-7(20)9-13-8-10(17(3)15-9)14-12(19)16(2)11(8)18/h4-6,20H,1-3H3/b5-4-,7-6-. The predicted molar refractivity (Wildman–Crippen MR) is 78.7 cm³/mol. The van der Waals surface area contributed by atoms with Gasteiger partial charge < -0.3 is 0 Å². The van der Waals surface area contributed by atoms with Crippen molar-refractivity contribution in [1.29, 1.82) is 0 Å². The third-order valence-corrected chi connectivity index (χ3v) is 3.00. The Bertz CT molecular complexity index is 803. The first-order valence-electron chi connectivity index (χ1n) is 5.80. The van der Waals surface area contributed by atoms with Gasteiger partial charge in [-0.25, -0.2) is 14.5 Å². The molecule has 2 aliphatic heterocycles. The van der Waals surface area contributed by atoms with E-state index in [2.05, 4.69) is 27.7 Å². The maximum atomic E-state index is 12.1. The topological polar surface area (TPSA) is 82.7 Å². The zero-order valence-corrected chi connectivity index (χ0v) is 12.1. The highest BCUT2D eigenvalue weighted by atomic mass is 32.1. The molecule has 0 fully saturated rings. The Balaban J connectivity index is 2.79. The lowest BCUT2D eigenvalue weighted by molar-refractivity contribution is 0.669. The lowest BCUT2D eigenvalue weighted by atomic mass is 10.3. The summed E-state index contributed by atoms with van der Waals surface area (Å²) in [4.78, 5) is 32.0. The van der Waals surface area contributed by atoms with Crippen LogP contribution in [-0.4, -0.2) is 24.3 Å². The smallest absolute Gasteiger partial charge is 0.267 e. The van der Waals surface area contributed by atoms with Crippen molar-refractivity contribution in [3.05, 3.63) is 44.9 Å². The number of hydrogen-bond acceptors (Lipinski definition) is 6. The van der Waals surface area contributed by atoms with E-state index in [0.717, 1.165) is 4.57 Å². The average molecular weight is 291 g/mol. The van der Waals surface area contributed by atoms with E-state index < -0.39 is 11.2 Å². The van der Waals surface area contributed by atoms with E-state index in [4.69, 9.17) is 0 Å². The van der Waals surface area contributed by atoms with Crippen LogP contribution in [0.5, 0.6) is 0 Å². The van der Waals surface area contributed by atoms with Crippen molar-refractivity contribution in [2.75, 3.05) is 0 Å². The fraction of sp³-hybridized carbons (Fsp3) is 0.250. The zero-order valence-electron chi connectivity index (χ0n) is 11.2. The van der Waals surface area contributed by atoms with Gasteiger partial charge in [-0.3, -0.25) is 9.36 Å². The second-order valence-corrected chi connectivity index (χ2v) is 4.55. The quantitative estimate of drug-likeness (QED) is 0.632. The van der Waals surface area contributed by atoms with Crippen molar-refractivity contribution in [1.82, 2.24) is 24.3 Å². The zero-order chi connectivity index (χ0) is 14.9. The molecule has 0 aromatic rings. The summed E-state index contributed by atoms with van der Waals surface area (Å²) >= 11 is 4.29. The monoisotopic (exact) mass is 291 g/mol. The van der Waals surface area contributed by atoms with Crippen LogP contribution in [0, 0.1) is 0 Å². The Morgan fingerprint density at radius 1 is 1.25 bits per heavy atom. The minimum Gasteiger partial charge on any atom is -0.267 e. The van der Waals surface area contributed by atoms with Gasteiger partial charge in [0.25, 0.3) is 5.56 Å². The van der Waals surface area contributed by atoms with Gasteiger partial charge in [0.2, 0.25) is 0 Å². The fourth-order valence-corrected chi connectivity index (χ4v) is 1.75. The third-order valence-electron chi connectivity index (χ3n) is 2.65. The van der Waals surface area contributed by atoms with Crippen molar-refractivity contribution in [3.8, 4) is 11.5 Å². The van der Waals surface area contributed by atoms with Crippen LogP contribution in [0.15, 0.2) is 27.8 Å². The van der Waals surface area contributed by atoms with E-state index in [0.29, 0.717) is 10.7 Å². The Kier molecular flexibility index (Phi) is 3.84. The van der Waals surface area contributed by atoms with Crippen LogP contribution in [0.1, 0.15) is 12.7 Å². The first-order valence-corrected chi connectivity index (χ1v) is 6.25. The molecule has 104 valence electrons. The number of aryl methyl sites for hydroxylation is 1. The first kappa shape index (κ1) is 14.2. The van der Waals surface area contributed by atoms with Gasteiger partial charge in [0.15, 0.2) is 17.3 Å². The van der Waals surface area contributed by atoms with Gasteiger partial charge in [0.05, 0.1) is 4.91 Å². The fourth-order valence-electron chi connectivity index (χ4n) is 1.57. The molecule has 0 aromatic carbocycles. The summed E-state index contributed by atoms with van der Waals surface area (Å²) in [5.74, 6) is 0.438.